The van der Waals surface area contributed by atoms with Crippen molar-refractivity contribution in [3.63, 3.8) is 0 Å². The molecule has 0 aliphatic rings. The molecule has 0 bridgehead atoms. The van der Waals surface area contributed by atoms with Crippen LogP contribution in [0.3, 0.4) is 0 Å². The number of hydrogen-bond acceptors (Lipinski definition) is 6. The summed E-state index contributed by atoms with van der Waals surface area (Å²) in [5.74, 6) is 0.438. The van der Waals surface area contributed by atoms with Crippen molar-refractivity contribution in [2.45, 2.75) is 6.61 Å². The van der Waals surface area contributed by atoms with E-state index in [-0.39, 0.29) is 22.3 Å². The summed E-state index contributed by atoms with van der Waals surface area (Å²) in [4.78, 5) is 15.9. The minimum absolute atomic E-state index is 0.0176. The molecule has 2 aromatic heterocycles. The van der Waals surface area contributed by atoms with E-state index in [1.807, 2.05) is 24.3 Å². The van der Waals surface area contributed by atoms with Gasteiger partial charge in [-0.3, -0.25) is 0 Å². The summed E-state index contributed by atoms with van der Waals surface area (Å²) < 4.78 is 15.5. The molecule has 0 atom stereocenters. The van der Waals surface area contributed by atoms with Crippen molar-refractivity contribution in [3.8, 4) is 17.0 Å². The Balaban J connectivity index is 1.69. The number of ether oxygens (including phenoxy) is 2. The number of methoxy groups -OCH3 is 1. The Kier molecular flexibility index (Phi) is 5.21. The van der Waals surface area contributed by atoms with E-state index in [0.29, 0.717) is 17.2 Å². The molecular formula is C17H12Cl2N2O4. The molecule has 3 aromatic rings. The van der Waals surface area contributed by atoms with Crippen molar-refractivity contribution in [1.82, 2.24) is 10.1 Å². The molecule has 0 spiro atoms. The van der Waals surface area contributed by atoms with Crippen molar-refractivity contribution < 1.29 is 18.8 Å². The molecule has 0 N–H and O–H groups in total. The number of carbonyl (C=O) groups is 1. The zero-order valence-corrected chi connectivity index (χ0v) is 14.5. The highest BCUT2D eigenvalue weighted by Crippen LogP contribution is 2.24. The number of benzene rings is 1. The second kappa shape index (κ2) is 7.55. The molecule has 0 unspecified atom stereocenters. The summed E-state index contributed by atoms with van der Waals surface area (Å²) in [6.45, 7) is -0.0986. The molecule has 0 fully saturated rings. The minimum atomic E-state index is -0.653. The van der Waals surface area contributed by atoms with E-state index in [0.717, 1.165) is 5.56 Å². The number of pyridine rings is 1. The van der Waals surface area contributed by atoms with Gasteiger partial charge in [-0.25, -0.2) is 9.78 Å². The molecule has 3 rings (SSSR count). The molecule has 0 aliphatic heterocycles. The van der Waals surface area contributed by atoms with Crippen LogP contribution in [0.4, 0.5) is 0 Å². The van der Waals surface area contributed by atoms with Crippen LogP contribution < -0.4 is 4.74 Å². The van der Waals surface area contributed by atoms with Crippen LogP contribution in [0.25, 0.3) is 11.3 Å². The van der Waals surface area contributed by atoms with Gasteiger partial charge in [-0.05, 0) is 18.2 Å². The summed E-state index contributed by atoms with van der Waals surface area (Å²) in [7, 11) is 1.59. The topological polar surface area (TPSA) is 74.5 Å². The van der Waals surface area contributed by atoms with Crippen LogP contribution in [-0.2, 0) is 11.3 Å². The van der Waals surface area contributed by atoms with Gasteiger partial charge in [0.25, 0.3) is 0 Å². The minimum Gasteiger partial charge on any atom is -0.497 e. The molecule has 0 radical (unpaired) electrons. The Bertz CT molecular complexity index is 911. The number of nitrogens with zero attached hydrogens (tertiary/aromatic N) is 2. The van der Waals surface area contributed by atoms with Crippen LogP contribution in [0.1, 0.15) is 16.1 Å². The molecule has 0 saturated carbocycles. The second-order valence-electron chi connectivity index (χ2n) is 4.98. The molecule has 25 heavy (non-hydrogen) atoms. The third-order valence-corrected chi connectivity index (χ3v) is 3.80. The molecule has 2 heterocycles. The Morgan fingerprint density at radius 3 is 2.88 bits per heavy atom. The van der Waals surface area contributed by atoms with E-state index in [9.17, 15) is 4.79 Å². The van der Waals surface area contributed by atoms with Gasteiger partial charge in [0.1, 0.15) is 16.6 Å². The van der Waals surface area contributed by atoms with Gasteiger partial charge in [0.05, 0.1) is 17.7 Å². The summed E-state index contributed by atoms with van der Waals surface area (Å²) in [5, 5.41) is 4.27. The molecule has 0 aliphatic carbocycles. The normalized spacial score (nSPS) is 10.5. The van der Waals surface area contributed by atoms with Gasteiger partial charge in [-0.1, -0.05) is 40.5 Å². The molecular weight excluding hydrogens is 367 g/mol. The quantitative estimate of drug-likeness (QED) is 0.483. The predicted molar refractivity (Wildman–Crippen MR) is 91.9 cm³/mol. The van der Waals surface area contributed by atoms with Gasteiger partial charge in [0, 0.05) is 17.8 Å². The third kappa shape index (κ3) is 4.10. The number of rotatable bonds is 5. The van der Waals surface area contributed by atoms with Crippen molar-refractivity contribution in [1.29, 1.82) is 0 Å². The van der Waals surface area contributed by atoms with E-state index in [4.69, 9.17) is 37.2 Å². The summed E-state index contributed by atoms with van der Waals surface area (Å²) in [5.41, 5.74) is 1.51. The highest BCUT2D eigenvalue weighted by Gasteiger charge is 2.15. The average molecular weight is 379 g/mol. The van der Waals surface area contributed by atoms with Crippen LogP contribution in [0, 0.1) is 0 Å². The summed E-state index contributed by atoms with van der Waals surface area (Å²) in [6.07, 6.45) is 1.34. The van der Waals surface area contributed by atoms with Crippen LogP contribution in [0.5, 0.6) is 5.75 Å². The van der Waals surface area contributed by atoms with Gasteiger partial charge < -0.3 is 14.0 Å². The molecule has 0 amide bonds. The van der Waals surface area contributed by atoms with Gasteiger partial charge >= 0.3 is 5.97 Å². The van der Waals surface area contributed by atoms with Crippen molar-refractivity contribution >= 4 is 29.2 Å². The lowest BCUT2D eigenvalue weighted by atomic mass is 10.1. The maximum Gasteiger partial charge on any atom is 0.341 e. The van der Waals surface area contributed by atoms with Crippen molar-refractivity contribution in [2.24, 2.45) is 0 Å². The Morgan fingerprint density at radius 1 is 1.24 bits per heavy atom. The maximum atomic E-state index is 12.1. The highest BCUT2D eigenvalue weighted by molar-refractivity contribution is 6.34. The lowest BCUT2D eigenvalue weighted by Crippen LogP contribution is -2.06. The van der Waals surface area contributed by atoms with Crippen LogP contribution in [0.2, 0.25) is 10.2 Å². The van der Waals surface area contributed by atoms with E-state index in [2.05, 4.69) is 10.1 Å². The SMILES string of the molecule is COc1cccc(-c2cc(COC(=O)c3cc(Cl)cnc3Cl)on2)c1. The molecule has 0 saturated heterocycles. The smallest absolute Gasteiger partial charge is 0.341 e. The first-order chi connectivity index (χ1) is 12.1. The fraction of sp³-hybridized carbons (Fsp3) is 0.118. The van der Waals surface area contributed by atoms with Crippen LogP contribution in [-0.4, -0.2) is 23.2 Å². The number of carbonyl (C=O) groups excluding carboxylic acids is 1. The molecule has 6 nitrogen and oxygen atoms in total. The van der Waals surface area contributed by atoms with E-state index in [1.165, 1.54) is 12.3 Å². The van der Waals surface area contributed by atoms with Crippen LogP contribution >= 0.6 is 23.2 Å². The third-order valence-electron chi connectivity index (χ3n) is 3.30. The van der Waals surface area contributed by atoms with Gasteiger partial charge in [0.15, 0.2) is 12.4 Å². The number of hydrogen-bond donors (Lipinski definition) is 0. The molecule has 8 heteroatoms. The van der Waals surface area contributed by atoms with Gasteiger partial charge in [-0.2, -0.15) is 0 Å². The Labute approximate surface area is 153 Å². The number of aromatic nitrogens is 2. The summed E-state index contributed by atoms with van der Waals surface area (Å²) in [6, 6.07) is 10.4. The lowest BCUT2D eigenvalue weighted by Gasteiger charge is -2.04. The fourth-order valence-electron chi connectivity index (χ4n) is 2.08. The van der Waals surface area contributed by atoms with Crippen molar-refractivity contribution in [2.75, 3.05) is 7.11 Å². The zero-order valence-electron chi connectivity index (χ0n) is 13.0. The summed E-state index contributed by atoms with van der Waals surface area (Å²) >= 11 is 11.7. The highest BCUT2D eigenvalue weighted by atomic mass is 35.5. The average Bonchev–Trinajstić information content (AvgIpc) is 3.11. The first-order valence-corrected chi connectivity index (χ1v) is 7.90. The van der Waals surface area contributed by atoms with Gasteiger partial charge in [0.2, 0.25) is 0 Å². The number of halogens is 2. The van der Waals surface area contributed by atoms with Crippen LogP contribution in [0.15, 0.2) is 47.1 Å². The second-order valence-corrected chi connectivity index (χ2v) is 5.77. The van der Waals surface area contributed by atoms with Gasteiger partial charge in [-0.15, -0.1) is 0 Å². The first-order valence-electron chi connectivity index (χ1n) is 7.15. The van der Waals surface area contributed by atoms with E-state index in [1.54, 1.807) is 13.2 Å². The maximum absolute atomic E-state index is 12.1. The monoisotopic (exact) mass is 378 g/mol. The largest absolute Gasteiger partial charge is 0.497 e. The predicted octanol–water partition coefficient (Wildman–Crippen LogP) is 4.41. The Morgan fingerprint density at radius 2 is 2.08 bits per heavy atom. The van der Waals surface area contributed by atoms with E-state index < -0.39 is 5.97 Å². The number of esters is 1. The van der Waals surface area contributed by atoms with E-state index >= 15 is 0 Å². The lowest BCUT2D eigenvalue weighted by molar-refractivity contribution is 0.0437. The standard InChI is InChI=1S/C17H12Cl2N2O4/c1-23-12-4-2-3-10(5-12)15-7-13(25-21-15)9-24-17(22)14-6-11(18)8-20-16(14)19/h2-8H,9H2,1H3. The molecule has 1 aromatic carbocycles. The first kappa shape index (κ1) is 17.3. The van der Waals surface area contributed by atoms with Crippen molar-refractivity contribution in [3.05, 3.63) is 64.1 Å². The zero-order chi connectivity index (χ0) is 17.8. The fourth-order valence-corrected chi connectivity index (χ4v) is 2.42. The Hall–Kier alpha value is -2.57. The molecule has 128 valence electrons.